The molecule has 0 unspecified atom stereocenters. The van der Waals surface area contributed by atoms with Crippen LogP contribution >= 0.6 is 23.2 Å². The molecule has 2 aromatic rings. The van der Waals surface area contributed by atoms with E-state index in [1.807, 2.05) is 0 Å². The van der Waals surface area contributed by atoms with Gasteiger partial charge in [-0.3, -0.25) is 4.79 Å². The lowest BCUT2D eigenvalue weighted by Gasteiger charge is -2.07. The second-order valence-corrected chi connectivity index (χ2v) is 4.21. The summed E-state index contributed by atoms with van der Waals surface area (Å²) in [5, 5.41) is 4.04. The van der Waals surface area contributed by atoms with E-state index in [0.717, 1.165) is 10.7 Å². The van der Waals surface area contributed by atoms with Crippen LogP contribution < -0.4 is 5.56 Å². The number of aryl methyl sites for hydroxylation is 1. The third-order valence-corrected chi connectivity index (χ3v) is 2.98. The van der Waals surface area contributed by atoms with Crippen LogP contribution in [0.3, 0.4) is 0 Å². The van der Waals surface area contributed by atoms with Crippen molar-refractivity contribution in [2.45, 2.75) is 0 Å². The van der Waals surface area contributed by atoms with Gasteiger partial charge in [-0.25, -0.2) is 9.07 Å². The zero-order chi connectivity index (χ0) is 12.6. The molecule has 3 nitrogen and oxygen atoms in total. The van der Waals surface area contributed by atoms with Crippen LogP contribution in [0.15, 0.2) is 29.2 Å². The second kappa shape index (κ2) is 4.47. The molecule has 0 radical (unpaired) electrons. The van der Waals surface area contributed by atoms with Gasteiger partial charge in [-0.05, 0) is 18.2 Å². The van der Waals surface area contributed by atoms with Gasteiger partial charge in [-0.15, -0.1) is 0 Å². The minimum absolute atomic E-state index is 0.0102. The average molecular weight is 273 g/mol. The summed E-state index contributed by atoms with van der Waals surface area (Å²) in [6.07, 6.45) is 1.42. The molecule has 0 atom stereocenters. The first-order valence-electron chi connectivity index (χ1n) is 4.68. The van der Waals surface area contributed by atoms with E-state index in [4.69, 9.17) is 23.2 Å². The van der Waals surface area contributed by atoms with Crippen molar-refractivity contribution in [3.63, 3.8) is 0 Å². The smallest absolute Gasteiger partial charge is 0.266 e. The molecule has 0 aliphatic rings. The van der Waals surface area contributed by atoms with E-state index in [0.29, 0.717) is 11.1 Å². The summed E-state index contributed by atoms with van der Waals surface area (Å²) in [6.45, 7) is 0. The first-order valence-corrected chi connectivity index (χ1v) is 5.43. The van der Waals surface area contributed by atoms with Gasteiger partial charge in [0.1, 0.15) is 10.8 Å². The molecule has 0 bridgehead atoms. The Bertz CT molecular complexity index is 640. The minimum Gasteiger partial charge on any atom is -0.266 e. The van der Waals surface area contributed by atoms with Gasteiger partial charge in [0, 0.05) is 18.2 Å². The predicted molar refractivity (Wildman–Crippen MR) is 64.9 cm³/mol. The average Bonchev–Trinajstić information content (AvgIpc) is 2.28. The van der Waals surface area contributed by atoms with Crippen LogP contribution in [0.4, 0.5) is 4.39 Å². The SMILES string of the molecule is Cn1ncc(-c2ccc(F)cc2Cl)c(Cl)c1=O. The fourth-order valence-electron chi connectivity index (χ4n) is 1.41. The van der Waals surface area contributed by atoms with E-state index in [9.17, 15) is 9.18 Å². The van der Waals surface area contributed by atoms with Crippen molar-refractivity contribution in [1.29, 1.82) is 0 Å². The Morgan fingerprint density at radius 3 is 2.65 bits per heavy atom. The number of halogens is 3. The Morgan fingerprint density at radius 1 is 1.29 bits per heavy atom. The summed E-state index contributed by atoms with van der Waals surface area (Å²) in [6, 6.07) is 3.86. The maximum Gasteiger partial charge on any atom is 0.285 e. The Labute approximate surface area is 106 Å². The highest BCUT2D eigenvalue weighted by Gasteiger charge is 2.12. The van der Waals surface area contributed by atoms with Gasteiger partial charge in [0.25, 0.3) is 5.56 Å². The highest BCUT2D eigenvalue weighted by atomic mass is 35.5. The molecule has 0 fully saturated rings. The second-order valence-electron chi connectivity index (χ2n) is 3.43. The first-order chi connectivity index (χ1) is 8.00. The molecule has 0 aliphatic heterocycles. The Balaban J connectivity index is 2.69. The van der Waals surface area contributed by atoms with Crippen LogP contribution in [0, 0.1) is 5.82 Å². The summed E-state index contributed by atoms with van der Waals surface area (Å²) < 4.78 is 14.0. The molecular weight excluding hydrogens is 266 g/mol. The number of nitrogens with zero attached hydrogens (tertiary/aromatic N) is 2. The largest absolute Gasteiger partial charge is 0.285 e. The summed E-state index contributed by atoms with van der Waals surface area (Å²) in [7, 11) is 1.49. The lowest BCUT2D eigenvalue weighted by atomic mass is 10.1. The normalized spacial score (nSPS) is 10.6. The molecule has 6 heteroatoms. The van der Waals surface area contributed by atoms with E-state index in [1.165, 1.54) is 25.4 Å². The fourth-order valence-corrected chi connectivity index (χ4v) is 1.95. The van der Waals surface area contributed by atoms with Crippen molar-refractivity contribution in [2.24, 2.45) is 7.05 Å². The lowest BCUT2D eigenvalue weighted by Crippen LogP contribution is -2.20. The maximum atomic E-state index is 12.9. The van der Waals surface area contributed by atoms with E-state index in [1.54, 1.807) is 0 Å². The summed E-state index contributed by atoms with van der Waals surface area (Å²) in [5.74, 6) is -0.452. The van der Waals surface area contributed by atoms with E-state index >= 15 is 0 Å². The zero-order valence-electron chi connectivity index (χ0n) is 8.75. The Morgan fingerprint density at radius 2 is 2.00 bits per heavy atom. The molecular formula is C11H7Cl2FN2O. The summed E-state index contributed by atoms with van der Waals surface area (Å²) in [4.78, 5) is 11.6. The van der Waals surface area contributed by atoms with Crippen LogP contribution in [0.25, 0.3) is 11.1 Å². The molecule has 1 heterocycles. The van der Waals surface area contributed by atoms with Gasteiger partial charge < -0.3 is 0 Å². The molecule has 0 spiro atoms. The molecule has 17 heavy (non-hydrogen) atoms. The standard InChI is InChI=1S/C11H7Cl2FN2O/c1-16-11(17)10(13)8(5-15-16)7-3-2-6(14)4-9(7)12/h2-5H,1H3. The third-order valence-electron chi connectivity index (χ3n) is 2.30. The molecule has 0 saturated heterocycles. The van der Waals surface area contributed by atoms with Crippen molar-refractivity contribution < 1.29 is 4.39 Å². The zero-order valence-corrected chi connectivity index (χ0v) is 10.3. The molecule has 0 amide bonds. The maximum absolute atomic E-state index is 12.9. The first kappa shape index (κ1) is 12.1. The van der Waals surface area contributed by atoms with Crippen molar-refractivity contribution in [1.82, 2.24) is 9.78 Å². The van der Waals surface area contributed by atoms with Gasteiger partial charge in [-0.2, -0.15) is 5.10 Å². The van der Waals surface area contributed by atoms with Gasteiger partial charge in [0.15, 0.2) is 0 Å². The lowest BCUT2D eigenvalue weighted by molar-refractivity contribution is 0.628. The van der Waals surface area contributed by atoms with Crippen LogP contribution in [0.2, 0.25) is 10.0 Å². The highest BCUT2D eigenvalue weighted by molar-refractivity contribution is 6.36. The van der Waals surface area contributed by atoms with Crippen molar-refractivity contribution in [3.05, 3.63) is 50.6 Å². The number of rotatable bonds is 1. The van der Waals surface area contributed by atoms with Gasteiger partial charge in [0.05, 0.1) is 11.2 Å². The van der Waals surface area contributed by atoms with Crippen molar-refractivity contribution >= 4 is 23.2 Å². The van der Waals surface area contributed by atoms with Crippen LogP contribution in [-0.2, 0) is 7.05 Å². The highest BCUT2D eigenvalue weighted by Crippen LogP contribution is 2.31. The number of hydrogen-bond acceptors (Lipinski definition) is 2. The molecule has 0 N–H and O–H groups in total. The monoisotopic (exact) mass is 272 g/mol. The Hall–Kier alpha value is -1.39. The van der Waals surface area contributed by atoms with Gasteiger partial charge in [0.2, 0.25) is 0 Å². The van der Waals surface area contributed by atoms with Crippen LogP contribution in [0.1, 0.15) is 0 Å². The molecule has 0 saturated carbocycles. The predicted octanol–water partition coefficient (Wildman–Crippen LogP) is 2.89. The molecule has 1 aromatic carbocycles. The summed E-state index contributed by atoms with van der Waals surface area (Å²) >= 11 is 11.8. The minimum atomic E-state index is -0.452. The van der Waals surface area contributed by atoms with Crippen molar-refractivity contribution in [3.8, 4) is 11.1 Å². The van der Waals surface area contributed by atoms with Crippen LogP contribution in [-0.4, -0.2) is 9.78 Å². The topological polar surface area (TPSA) is 34.9 Å². The van der Waals surface area contributed by atoms with Crippen molar-refractivity contribution in [2.75, 3.05) is 0 Å². The number of hydrogen-bond donors (Lipinski definition) is 0. The molecule has 1 aromatic heterocycles. The molecule has 0 aliphatic carbocycles. The Kier molecular flexibility index (Phi) is 3.17. The van der Waals surface area contributed by atoms with Crippen LogP contribution in [0.5, 0.6) is 0 Å². The number of aromatic nitrogens is 2. The fraction of sp³-hybridized carbons (Fsp3) is 0.0909. The summed E-state index contributed by atoms with van der Waals surface area (Å²) in [5.41, 5.74) is 0.438. The third kappa shape index (κ3) is 2.18. The molecule has 2 rings (SSSR count). The number of benzene rings is 1. The van der Waals surface area contributed by atoms with E-state index < -0.39 is 11.4 Å². The van der Waals surface area contributed by atoms with Gasteiger partial charge >= 0.3 is 0 Å². The van der Waals surface area contributed by atoms with E-state index in [-0.39, 0.29) is 10.0 Å². The van der Waals surface area contributed by atoms with Gasteiger partial charge in [-0.1, -0.05) is 23.2 Å². The van der Waals surface area contributed by atoms with E-state index in [2.05, 4.69) is 5.10 Å². The quantitative estimate of drug-likeness (QED) is 0.800. The molecule has 88 valence electrons.